The summed E-state index contributed by atoms with van der Waals surface area (Å²) in [5.74, 6) is 0.801. The average molecular weight is 289 g/mol. The van der Waals surface area contributed by atoms with Gasteiger partial charge in [-0.15, -0.1) is 0 Å². The molecular weight excluding hydrogens is 262 g/mol. The zero-order chi connectivity index (χ0) is 14.8. The molecule has 2 unspecified atom stereocenters. The van der Waals surface area contributed by atoms with Crippen molar-refractivity contribution in [3.8, 4) is 0 Å². The Labute approximate surface area is 127 Å². The molecule has 1 aromatic rings. The zero-order valence-corrected chi connectivity index (χ0v) is 13.3. The van der Waals surface area contributed by atoms with Crippen LogP contribution in [0.3, 0.4) is 0 Å². The lowest BCUT2D eigenvalue weighted by Crippen LogP contribution is -2.45. The lowest BCUT2D eigenvalue weighted by atomic mass is 9.88. The maximum Gasteiger partial charge on any atom is 0.137 e. The molecule has 2 heterocycles. The van der Waals surface area contributed by atoms with Crippen LogP contribution in [-0.2, 0) is 24.8 Å². The van der Waals surface area contributed by atoms with Gasteiger partial charge in [0.1, 0.15) is 5.78 Å². The van der Waals surface area contributed by atoms with E-state index in [1.807, 2.05) is 11.7 Å². The SMILES string of the molecule is CCc1cc(CN2CCCCC2C2CCCC2=O)n(C)n1. The van der Waals surface area contributed by atoms with Crippen LogP contribution in [0.15, 0.2) is 6.07 Å². The first kappa shape index (κ1) is 14.8. The van der Waals surface area contributed by atoms with E-state index in [1.54, 1.807) is 0 Å². The summed E-state index contributed by atoms with van der Waals surface area (Å²) >= 11 is 0. The summed E-state index contributed by atoms with van der Waals surface area (Å²) in [6.07, 6.45) is 7.71. The predicted octanol–water partition coefficient (Wildman–Crippen LogP) is 2.71. The Morgan fingerprint density at radius 2 is 2.14 bits per heavy atom. The molecular formula is C17H27N3O. The van der Waals surface area contributed by atoms with E-state index in [0.717, 1.165) is 44.5 Å². The van der Waals surface area contributed by atoms with Gasteiger partial charge in [-0.1, -0.05) is 13.3 Å². The molecule has 2 fully saturated rings. The first-order valence-electron chi connectivity index (χ1n) is 8.47. The van der Waals surface area contributed by atoms with Gasteiger partial charge in [-0.25, -0.2) is 0 Å². The lowest BCUT2D eigenvalue weighted by molar-refractivity contribution is -0.123. The van der Waals surface area contributed by atoms with Gasteiger partial charge < -0.3 is 0 Å². The van der Waals surface area contributed by atoms with Crippen molar-refractivity contribution in [2.24, 2.45) is 13.0 Å². The Morgan fingerprint density at radius 3 is 2.81 bits per heavy atom. The number of piperidine rings is 1. The fraction of sp³-hybridized carbons (Fsp3) is 0.765. The molecule has 0 aromatic carbocycles. The Hall–Kier alpha value is -1.16. The van der Waals surface area contributed by atoms with Crippen LogP contribution in [0, 0.1) is 5.92 Å². The zero-order valence-electron chi connectivity index (χ0n) is 13.3. The smallest absolute Gasteiger partial charge is 0.137 e. The van der Waals surface area contributed by atoms with Crippen LogP contribution in [0.1, 0.15) is 56.8 Å². The molecule has 1 aliphatic carbocycles. The van der Waals surface area contributed by atoms with Crippen molar-refractivity contribution >= 4 is 5.78 Å². The third-order valence-electron chi connectivity index (χ3n) is 5.24. The molecule has 1 aliphatic heterocycles. The molecule has 2 atom stereocenters. The van der Waals surface area contributed by atoms with Gasteiger partial charge in [-0.3, -0.25) is 14.4 Å². The standard InChI is InChI=1S/C17H27N3O/c1-3-13-11-14(19(2)18-13)12-20-10-5-4-8-16(20)15-7-6-9-17(15)21/h11,15-16H,3-10,12H2,1-2H3. The summed E-state index contributed by atoms with van der Waals surface area (Å²) in [7, 11) is 2.04. The molecule has 3 rings (SSSR count). The molecule has 0 amide bonds. The van der Waals surface area contributed by atoms with E-state index in [9.17, 15) is 4.79 Å². The summed E-state index contributed by atoms with van der Waals surface area (Å²) in [5.41, 5.74) is 2.45. The Balaban J connectivity index is 1.74. The van der Waals surface area contributed by atoms with Gasteiger partial charge in [0.2, 0.25) is 0 Å². The number of aryl methyl sites for hydroxylation is 2. The number of rotatable bonds is 4. The van der Waals surface area contributed by atoms with E-state index >= 15 is 0 Å². The molecule has 4 nitrogen and oxygen atoms in total. The average Bonchev–Trinajstić information content (AvgIpc) is 3.06. The maximum atomic E-state index is 12.1. The third kappa shape index (κ3) is 3.05. The Bertz CT molecular complexity index is 508. The highest BCUT2D eigenvalue weighted by atomic mass is 16.1. The molecule has 1 saturated carbocycles. The summed E-state index contributed by atoms with van der Waals surface area (Å²) in [4.78, 5) is 14.7. The second-order valence-electron chi connectivity index (χ2n) is 6.60. The van der Waals surface area contributed by atoms with Gasteiger partial charge >= 0.3 is 0 Å². The first-order chi connectivity index (χ1) is 10.2. The van der Waals surface area contributed by atoms with Crippen molar-refractivity contribution in [2.75, 3.05) is 6.54 Å². The number of ketones is 1. The molecule has 21 heavy (non-hydrogen) atoms. The van der Waals surface area contributed by atoms with Crippen LogP contribution in [0.25, 0.3) is 0 Å². The van der Waals surface area contributed by atoms with Crippen molar-refractivity contribution in [1.82, 2.24) is 14.7 Å². The topological polar surface area (TPSA) is 38.1 Å². The summed E-state index contributed by atoms with van der Waals surface area (Å²) in [6, 6.07) is 2.69. The molecule has 0 N–H and O–H groups in total. The van der Waals surface area contributed by atoms with Crippen molar-refractivity contribution in [3.63, 3.8) is 0 Å². The second kappa shape index (κ2) is 6.30. The predicted molar refractivity (Wildman–Crippen MR) is 83.0 cm³/mol. The van der Waals surface area contributed by atoms with Crippen LogP contribution in [-0.4, -0.2) is 33.1 Å². The van der Waals surface area contributed by atoms with E-state index < -0.39 is 0 Å². The highest BCUT2D eigenvalue weighted by Gasteiger charge is 2.36. The second-order valence-corrected chi connectivity index (χ2v) is 6.60. The van der Waals surface area contributed by atoms with Crippen LogP contribution in [0.2, 0.25) is 0 Å². The number of hydrogen-bond donors (Lipinski definition) is 0. The molecule has 1 saturated heterocycles. The summed E-state index contributed by atoms with van der Waals surface area (Å²) < 4.78 is 2.01. The normalized spacial score (nSPS) is 27.4. The van der Waals surface area contributed by atoms with Crippen molar-refractivity contribution in [1.29, 1.82) is 0 Å². The van der Waals surface area contributed by atoms with Gasteiger partial charge in [0, 0.05) is 32.0 Å². The number of nitrogens with zero attached hydrogens (tertiary/aromatic N) is 3. The maximum absolute atomic E-state index is 12.1. The number of carbonyl (C=O) groups excluding carboxylic acids is 1. The molecule has 2 aliphatic rings. The van der Waals surface area contributed by atoms with E-state index in [4.69, 9.17) is 0 Å². The minimum Gasteiger partial charge on any atom is -0.299 e. The van der Waals surface area contributed by atoms with Gasteiger partial charge in [-0.2, -0.15) is 5.10 Å². The molecule has 0 radical (unpaired) electrons. The molecule has 116 valence electrons. The van der Waals surface area contributed by atoms with Crippen molar-refractivity contribution < 1.29 is 4.79 Å². The van der Waals surface area contributed by atoms with E-state index in [0.29, 0.717) is 17.7 Å². The lowest BCUT2D eigenvalue weighted by Gasteiger charge is -2.38. The van der Waals surface area contributed by atoms with Crippen LogP contribution in [0.5, 0.6) is 0 Å². The number of carbonyl (C=O) groups is 1. The minimum absolute atomic E-state index is 0.296. The Morgan fingerprint density at radius 1 is 1.29 bits per heavy atom. The number of Topliss-reactive ketones (excluding diaryl/α,β-unsaturated/α-hetero) is 1. The van der Waals surface area contributed by atoms with E-state index in [-0.39, 0.29) is 0 Å². The Kier molecular flexibility index (Phi) is 4.43. The quantitative estimate of drug-likeness (QED) is 0.855. The van der Waals surface area contributed by atoms with Crippen LogP contribution in [0.4, 0.5) is 0 Å². The largest absolute Gasteiger partial charge is 0.299 e. The summed E-state index contributed by atoms with van der Waals surface area (Å²) in [5, 5.41) is 4.56. The molecule has 0 spiro atoms. The highest BCUT2D eigenvalue weighted by molar-refractivity contribution is 5.83. The van der Waals surface area contributed by atoms with Gasteiger partial charge in [0.15, 0.2) is 0 Å². The van der Waals surface area contributed by atoms with E-state index in [2.05, 4.69) is 23.0 Å². The number of hydrogen-bond acceptors (Lipinski definition) is 3. The molecule has 0 bridgehead atoms. The molecule has 1 aromatic heterocycles. The fourth-order valence-electron chi connectivity index (χ4n) is 4.02. The summed E-state index contributed by atoms with van der Waals surface area (Å²) in [6.45, 7) is 4.21. The van der Waals surface area contributed by atoms with Gasteiger partial charge in [0.25, 0.3) is 0 Å². The van der Waals surface area contributed by atoms with Crippen molar-refractivity contribution in [3.05, 3.63) is 17.5 Å². The molecule has 4 heteroatoms. The minimum atomic E-state index is 0.296. The van der Waals surface area contributed by atoms with Gasteiger partial charge in [0.05, 0.1) is 11.4 Å². The van der Waals surface area contributed by atoms with Crippen LogP contribution >= 0.6 is 0 Å². The number of aromatic nitrogens is 2. The van der Waals surface area contributed by atoms with E-state index in [1.165, 1.54) is 25.0 Å². The first-order valence-corrected chi connectivity index (χ1v) is 8.47. The highest BCUT2D eigenvalue weighted by Crippen LogP contribution is 2.33. The fourth-order valence-corrected chi connectivity index (χ4v) is 4.02. The van der Waals surface area contributed by atoms with Crippen LogP contribution < -0.4 is 0 Å². The monoisotopic (exact) mass is 289 g/mol. The van der Waals surface area contributed by atoms with Gasteiger partial charge in [-0.05, 0) is 44.7 Å². The number of likely N-dealkylation sites (tertiary alicyclic amines) is 1. The van der Waals surface area contributed by atoms with Crippen molar-refractivity contribution in [2.45, 2.75) is 64.5 Å². The third-order valence-corrected chi connectivity index (χ3v) is 5.24.